The number of hydrogen-bond acceptors (Lipinski definition) is 4. The molecule has 0 spiro atoms. The minimum atomic E-state index is -1.16. The van der Waals surface area contributed by atoms with Gasteiger partial charge in [-0.3, -0.25) is 4.98 Å². The highest BCUT2D eigenvalue weighted by molar-refractivity contribution is 6.32. The fraction of sp³-hybridized carbons (Fsp3) is 0.0833. The molecule has 0 aliphatic heterocycles. The first-order valence-electron chi connectivity index (χ1n) is 5.05. The molecule has 0 aliphatic carbocycles. The molecule has 1 aromatic carbocycles. The molecule has 6 heteroatoms. The van der Waals surface area contributed by atoms with Crippen LogP contribution in [0.4, 0.5) is 0 Å². The van der Waals surface area contributed by atoms with Gasteiger partial charge in [-0.2, -0.15) is 0 Å². The van der Waals surface area contributed by atoms with Crippen molar-refractivity contribution in [3.05, 3.63) is 46.9 Å². The van der Waals surface area contributed by atoms with Crippen molar-refractivity contribution in [1.29, 1.82) is 0 Å². The van der Waals surface area contributed by atoms with Gasteiger partial charge in [0.05, 0.1) is 17.4 Å². The molecule has 1 heterocycles. The Morgan fingerprint density at radius 1 is 1.39 bits per heavy atom. The third kappa shape index (κ3) is 2.75. The summed E-state index contributed by atoms with van der Waals surface area (Å²) in [6.07, 6.45) is 2.47. The van der Waals surface area contributed by atoms with Crippen molar-refractivity contribution >= 4 is 17.6 Å². The third-order valence-electron chi connectivity index (χ3n) is 2.13. The summed E-state index contributed by atoms with van der Waals surface area (Å²) in [6.45, 7) is 1.89. The molecule has 0 unspecified atom stereocenters. The summed E-state index contributed by atoms with van der Waals surface area (Å²) in [5.41, 5.74) is 0.785. The number of aromatic nitrogens is 2. The number of rotatable bonds is 3. The number of aryl methyl sites for hydroxylation is 1. The maximum Gasteiger partial charge on any atom is 0.356 e. The lowest BCUT2D eigenvalue weighted by Gasteiger charge is -2.07. The summed E-state index contributed by atoms with van der Waals surface area (Å²) < 4.78 is 5.41. The van der Waals surface area contributed by atoms with Gasteiger partial charge in [0.25, 0.3) is 0 Å². The molecular formula is C12H9ClN2O3. The van der Waals surface area contributed by atoms with Crippen LogP contribution in [0, 0.1) is 6.92 Å². The first-order valence-corrected chi connectivity index (χ1v) is 5.43. The van der Waals surface area contributed by atoms with Crippen molar-refractivity contribution in [1.82, 2.24) is 9.97 Å². The Bertz CT molecular complexity index is 602. The molecule has 18 heavy (non-hydrogen) atoms. The van der Waals surface area contributed by atoms with Crippen LogP contribution in [0.3, 0.4) is 0 Å². The molecule has 1 aromatic heterocycles. The van der Waals surface area contributed by atoms with Crippen molar-refractivity contribution in [3.63, 3.8) is 0 Å². The van der Waals surface area contributed by atoms with E-state index in [0.717, 1.165) is 11.8 Å². The highest BCUT2D eigenvalue weighted by Crippen LogP contribution is 2.28. The number of benzene rings is 1. The number of hydrogen-bond donors (Lipinski definition) is 1. The Balaban J connectivity index is 2.31. The fourth-order valence-corrected chi connectivity index (χ4v) is 1.46. The standard InChI is InChI=1S/C12H9ClN2O3/c1-7-2-3-8(13)10(4-7)18-11-6-14-5-9(15-11)12(16)17/h2-6H,1H3,(H,16,17). The summed E-state index contributed by atoms with van der Waals surface area (Å²) in [7, 11) is 0. The first kappa shape index (κ1) is 12.3. The minimum Gasteiger partial charge on any atom is -0.476 e. The quantitative estimate of drug-likeness (QED) is 0.923. The number of nitrogens with zero attached hydrogens (tertiary/aromatic N) is 2. The van der Waals surface area contributed by atoms with E-state index in [1.165, 1.54) is 6.20 Å². The number of carboxylic acids is 1. The van der Waals surface area contributed by atoms with Gasteiger partial charge in [-0.1, -0.05) is 17.7 Å². The number of aromatic carboxylic acids is 1. The Kier molecular flexibility index (Phi) is 3.43. The molecule has 0 atom stereocenters. The summed E-state index contributed by atoms with van der Waals surface area (Å²) in [6, 6.07) is 5.27. The highest BCUT2D eigenvalue weighted by atomic mass is 35.5. The molecular weight excluding hydrogens is 256 g/mol. The molecule has 0 radical (unpaired) electrons. The topological polar surface area (TPSA) is 72.3 Å². The average molecular weight is 265 g/mol. The molecule has 2 rings (SSSR count). The van der Waals surface area contributed by atoms with Gasteiger partial charge < -0.3 is 9.84 Å². The third-order valence-corrected chi connectivity index (χ3v) is 2.45. The molecule has 1 N–H and O–H groups in total. The largest absolute Gasteiger partial charge is 0.476 e. The molecule has 0 amide bonds. The van der Waals surface area contributed by atoms with E-state index in [9.17, 15) is 4.79 Å². The van der Waals surface area contributed by atoms with Gasteiger partial charge in [0.15, 0.2) is 5.69 Å². The van der Waals surface area contributed by atoms with Crippen LogP contribution in [0.5, 0.6) is 11.6 Å². The van der Waals surface area contributed by atoms with Crippen LogP contribution in [0.2, 0.25) is 5.02 Å². The second kappa shape index (κ2) is 5.01. The smallest absolute Gasteiger partial charge is 0.356 e. The van der Waals surface area contributed by atoms with Gasteiger partial charge in [-0.15, -0.1) is 0 Å². The average Bonchev–Trinajstić information content (AvgIpc) is 2.34. The van der Waals surface area contributed by atoms with E-state index in [4.69, 9.17) is 21.4 Å². The van der Waals surface area contributed by atoms with E-state index in [0.29, 0.717) is 10.8 Å². The minimum absolute atomic E-state index is 0.0856. The lowest BCUT2D eigenvalue weighted by molar-refractivity contribution is 0.0689. The number of ether oxygens (including phenoxy) is 1. The van der Waals surface area contributed by atoms with Gasteiger partial charge in [0.2, 0.25) is 5.88 Å². The van der Waals surface area contributed by atoms with Crippen molar-refractivity contribution in [2.24, 2.45) is 0 Å². The Morgan fingerprint density at radius 2 is 2.17 bits per heavy atom. The van der Waals surface area contributed by atoms with Crippen molar-refractivity contribution in [2.75, 3.05) is 0 Å². The lowest BCUT2D eigenvalue weighted by atomic mass is 10.2. The fourth-order valence-electron chi connectivity index (χ4n) is 1.30. The van der Waals surface area contributed by atoms with Crippen molar-refractivity contribution < 1.29 is 14.6 Å². The van der Waals surface area contributed by atoms with Crippen molar-refractivity contribution in [3.8, 4) is 11.6 Å². The zero-order chi connectivity index (χ0) is 13.1. The van der Waals surface area contributed by atoms with Crippen LogP contribution in [0.25, 0.3) is 0 Å². The van der Waals surface area contributed by atoms with Crippen LogP contribution < -0.4 is 4.74 Å². The zero-order valence-electron chi connectivity index (χ0n) is 9.42. The number of halogens is 1. The van der Waals surface area contributed by atoms with E-state index in [-0.39, 0.29) is 11.6 Å². The Morgan fingerprint density at radius 3 is 2.89 bits per heavy atom. The molecule has 5 nitrogen and oxygen atoms in total. The Labute approximate surface area is 108 Å². The SMILES string of the molecule is Cc1ccc(Cl)c(Oc2cncc(C(=O)O)n2)c1. The van der Waals surface area contributed by atoms with Crippen LogP contribution >= 0.6 is 11.6 Å². The lowest BCUT2D eigenvalue weighted by Crippen LogP contribution is -2.02. The van der Waals surface area contributed by atoms with E-state index >= 15 is 0 Å². The van der Waals surface area contributed by atoms with Gasteiger partial charge in [0, 0.05) is 0 Å². The van der Waals surface area contributed by atoms with Crippen molar-refractivity contribution in [2.45, 2.75) is 6.92 Å². The number of carbonyl (C=O) groups is 1. The molecule has 92 valence electrons. The first-order chi connectivity index (χ1) is 8.56. The Hall–Kier alpha value is -2.14. The maximum absolute atomic E-state index is 10.7. The van der Waals surface area contributed by atoms with Gasteiger partial charge in [0.1, 0.15) is 5.75 Å². The molecule has 0 bridgehead atoms. The molecule has 0 saturated carbocycles. The van der Waals surface area contributed by atoms with Gasteiger partial charge in [-0.05, 0) is 24.6 Å². The monoisotopic (exact) mass is 264 g/mol. The summed E-state index contributed by atoms with van der Waals surface area (Å²) in [5.74, 6) is -0.667. The highest BCUT2D eigenvalue weighted by Gasteiger charge is 2.09. The molecule has 0 aliphatic rings. The van der Waals surface area contributed by atoms with Crippen LogP contribution in [0.15, 0.2) is 30.6 Å². The van der Waals surface area contributed by atoms with E-state index in [1.54, 1.807) is 12.1 Å². The molecule has 0 saturated heterocycles. The predicted octanol–water partition coefficient (Wildman–Crippen LogP) is 2.93. The normalized spacial score (nSPS) is 10.1. The van der Waals surface area contributed by atoms with Crippen LogP contribution in [-0.4, -0.2) is 21.0 Å². The second-order valence-electron chi connectivity index (χ2n) is 3.58. The molecule has 2 aromatic rings. The summed E-state index contributed by atoms with van der Waals surface area (Å²) in [5, 5.41) is 9.21. The van der Waals surface area contributed by atoms with E-state index in [1.807, 2.05) is 13.0 Å². The number of carboxylic acid groups (broad SMARTS) is 1. The predicted molar refractivity (Wildman–Crippen MR) is 65.3 cm³/mol. The van der Waals surface area contributed by atoms with Crippen LogP contribution in [-0.2, 0) is 0 Å². The molecule has 0 fully saturated rings. The van der Waals surface area contributed by atoms with Gasteiger partial charge >= 0.3 is 5.97 Å². The van der Waals surface area contributed by atoms with Crippen LogP contribution in [0.1, 0.15) is 16.1 Å². The summed E-state index contributed by atoms with van der Waals surface area (Å²) in [4.78, 5) is 18.3. The zero-order valence-corrected chi connectivity index (χ0v) is 10.2. The van der Waals surface area contributed by atoms with Gasteiger partial charge in [-0.25, -0.2) is 9.78 Å². The van der Waals surface area contributed by atoms with E-state index in [2.05, 4.69) is 9.97 Å². The maximum atomic E-state index is 10.7. The summed E-state index contributed by atoms with van der Waals surface area (Å²) >= 11 is 5.96. The van der Waals surface area contributed by atoms with E-state index < -0.39 is 5.97 Å². The second-order valence-corrected chi connectivity index (χ2v) is 3.99.